The van der Waals surface area contributed by atoms with E-state index in [4.69, 9.17) is 16.3 Å². The third kappa shape index (κ3) is 3.71. The highest BCUT2D eigenvalue weighted by molar-refractivity contribution is 6.34. The van der Waals surface area contributed by atoms with Crippen molar-refractivity contribution in [2.24, 2.45) is 0 Å². The van der Waals surface area contributed by atoms with Crippen LogP contribution in [0.1, 0.15) is 34.3 Å². The van der Waals surface area contributed by atoms with Crippen molar-refractivity contribution >= 4 is 23.6 Å². The molecule has 1 N–H and O–H groups in total. The Morgan fingerprint density at radius 2 is 1.82 bits per heavy atom. The van der Waals surface area contributed by atoms with Gasteiger partial charge in [0.25, 0.3) is 5.91 Å². The minimum atomic E-state index is -0.318. The fourth-order valence-corrected chi connectivity index (χ4v) is 2.86. The molecule has 5 nitrogen and oxygen atoms in total. The van der Waals surface area contributed by atoms with Crippen LogP contribution in [-0.4, -0.2) is 43.1 Å². The Morgan fingerprint density at radius 3 is 2.41 bits per heavy atom. The quantitative estimate of drug-likeness (QED) is 0.910. The van der Waals surface area contributed by atoms with Gasteiger partial charge in [0.15, 0.2) is 0 Å². The fraction of sp³-hybridized carbons (Fsp3) is 0.500. The van der Waals surface area contributed by atoms with E-state index in [-0.39, 0.29) is 18.0 Å². The summed E-state index contributed by atoms with van der Waals surface area (Å²) in [4.78, 5) is 25.4. The number of ether oxygens (including phenoxy) is 1. The molecule has 2 amide bonds. The molecule has 0 saturated carbocycles. The molecule has 1 aliphatic heterocycles. The summed E-state index contributed by atoms with van der Waals surface area (Å²) in [6.45, 7) is 5.08. The maximum Gasteiger partial charge on any atom is 0.409 e. The van der Waals surface area contributed by atoms with E-state index < -0.39 is 0 Å². The first-order valence-corrected chi connectivity index (χ1v) is 7.70. The molecular weight excluding hydrogens is 304 g/mol. The molecule has 1 saturated heterocycles. The summed E-state index contributed by atoms with van der Waals surface area (Å²) in [6, 6.07) is 3.67. The van der Waals surface area contributed by atoms with Gasteiger partial charge in [-0.05, 0) is 49.9 Å². The van der Waals surface area contributed by atoms with Gasteiger partial charge >= 0.3 is 6.09 Å². The summed E-state index contributed by atoms with van der Waals surface area (Å²) in [6.07, 6.45) is 1.11. The fourth-order valence-electron chi connectivity index (χ4n) is 2.55. The van der Waals surface area contributed by atoms with E-state index in [0.717, 1.165) is 11.1 Å². The molecule has 1 aromatic carbocycles. The normalized spacial score (nSPS) is 15.5. The highest BCUT2D eigenvalue weighted by Crippen LogP contribution is 2.21. The molecule has 0 unspecified atom stereocenters. The topological polar surface area (TPSA) is 58.6 Å². The van der Waals surface area contributed by atoms with Crippen LogP contribution in [0, 0.1) is 13.8 Å². The monoisotopic (exact) mass is 324 g/mol. The molecule has 120 valence electrons. The highest BCUT2D eigenvalue weighted by atomic mass is 35.5. The molecule has 1 fully saturated rings. The van der Waals surface area contributed by atoms with Crippen molar-refractivity contribution in [2.45, 2.75) is 32.7 Å². The first-order chi connectivity index (χ1) is 10.4. The minimum Gasteiger partial charge on any atom is -0.453 e. The van der Waals surface area contributed by atoms with E-state index in [1.54, 1.807) is 4.90 Å². The molecule has 1 heterocycles. The van der Waals surface area contributed by atoms with E-state index >= 15 is 0 Å². The molecule has 1 aromatic rings. The van der Waals surface area contributed by atoms with Crippen LogP contribution in [0.3, 0.4) is 0 Å². The van der Waals surface area contributed by atoms with Gasteiger partial charge in [-0.3, -0.25) is 4.79 Å². The number of aryl methyl sites for hydroxylation is 2. The second-order valence-electron chi connectivity index (χ2n) is 5.62. The zero-order valence-corrected chi connectivity index (χ0v) is 13.9. The van der Waals surface area contributed by atoms with Gasteiger partial charge < -0.3 is 15.0 Å². The van der Waals surface area contributed by atoms with Gasteiger partial charge in [-0.1, -0.05) is 11.6 Å². The Bertz CT molecular complexity index is 581. The third-order valence-corrected chi connectivity index (χ3v) is 4.40. The number of nitrogens with one attached hydrogen (secondary N) is 1. The molecule has 0 radical (unpaired) electrons. The number of rotatable bonds is 2. The van der Waals surface area contributed by atoms with Crippen molar-refractivity contribution in [3.63, 3.8) is 0 Å². The van der Waals surface area contributed by atoms with E-state index in [1.165, 1.54) is 7.11 Å². The SMILES string of the molecule is COC(=O)N1CCC(NC(=O)c2cc(C)c(C)cc2Cl)CC1. The van der Waals surface area contributed by atoms with E-state index in [1.807, 2.05) is 26.0 Å². The zero-order chi connectivity index (χ0) is 16.3. The molecule has 2 rings (SSSR count). The Balaban J connectivity index is 1.96. The lowest BCUT2D eigenvalue weighted by Gasteiger charge is -2.31. The summed E-state index contributed by atoms with van der Waals surface area (Å²) in [5.41, 5.74) is 2.60. The van der Waals surface area contributed by atoms with E-state index in [0.29, 0.717) is 36.5 Å². The Hall–Kier alpha value is -1.75. The number of benzene rings is 1. The summed E-state index contributed by atoms with van der Waals surface area (Å²) in [7, 11) is 1.37. The van der Waals surface area contributed by atoms with Crippen LogP contribution in [0.4, 0.5) is 4.79 Å². The van der Waals surface area contributed by atoms with Crippen LogP contribution in [0.5, 0.6) is 0 Å². The van der Waals surface area contributed by atoms with E-state index in [2.05, 4.69) is 5.32 Å². The molecule has 0 spiro atoms. The Kier molecular flexibility index (Phi) is 5.29. The lowest BCUT2D eigenvalue weighted by atomic mass is 10.0. The Morgan fingerprint density at radius 1 is 1.23 bits per heavy atom. The summed E-state index contributed by atoms with van der Waals surface area (Å²) in [5, 5.41) is 3.46. The molecular formula is C16H21ClN2O3. The van der Waals surface area contributed by atoms with Gasteiger partial charge in [0, 0.05) is 19.1 Å². The van der Waals surface area contributed by atoms with Gasteiger partial charge in [-0.25, -0.2) is 4.79 Å². The number of hydrogen-bond acceptors (Lipinski definition) is 3. The number of halogens is 1. The third-order valence-electron chi connectivity index (χ3n) is 4.09. The lowest BCUT2D eigenvalue weighted by molar-refractivity contribution is 0.0892. The number of nitrogens with zero attached hydrogens (tertiary/aromatic N) is 1. The van der Waals surface area contributed by atoms with Crippen molar-refractivity contribution < 1.29 is 14.3 Å². The van der Waals surface area contributed by atoms with E-state index in [9.17, 15) is 9.59 Å². The Labute approximate surface area is 135 Å². The summed E-state index contributed by atoms with van der Waals surface area (Å²) < 4.78 is 4.70. The molecule has 22 heavy (non-hydrogen) atoms. The minimum absolute atomic E-state index is 0.0473. The van der Waals surface area contributed by atoms with Crippen LogP contribution < -0.4 is 5.32 Å². The van der Waals surface area contributed by atoms with Gasteiger partial charge in [0.05, 0.1) is 17.7 Å². The van der Waals surface area contributed by atoms with Crippen LogP contribution in [-0.2, 0) is 4.74 Å². The standard InChI is InChI=1S/C16H21ClN2O3/c1-10-8-13(14(17)9-11(10)2)15(20)18-12-4-6-19(7-5-12)16(21)22-3/h8-9,12H,4-7H2,1-3H3,(H,18,20). The van der Waals surface area contributed by atoms with Crippen molar-refractivity contribution in [1.29, 1.82) is 0 Å². The first kappa shape index (κ1) is 16.6. The predicted molar refractivity (Wildman–Crippen MR) is 85.4 cm³/mol. The molecule has 0 aliphatic carbocycles. The molecule has 0 atom stereocenters. The number of amides is 2. The van der Waals surface area contributed by atoms with Crippen molar-refractivity contribution in [1.82, 2.24) is 10.2 Å². The number of carbonyl (C=O) groups excluding carboxylic acids is 2. The lowest BCUT2D eigenvalue weighted by Crippen LogP contribution is -2.46. The van der Waals surface area contributed by atoms with Crippen LogP contribution >= 0.6 is 11.6 Å². The van der Waals surface area contributed by atoms with Gasteiger partial charge in [-0.15, -0.1) is 0 Å². The largest absolute Gasteiger partial charge is 0.453 e. The zero-order valence-electron chi connectivity index (χ0n) is 13.1. The maximum atomic E-state index is 12.4. The summed E-state index contributed by atoms with van der Waals surface area (Å²) in [5.74, 6) is -0.162. The van der Waals surface area contributed by atoms with Crippen molar-refractivity contribution in [2.75, 3.05) is 20.2 Å². The van der Waals surface area contributed by atoms with Crippen molar-refractivity contribution in [3.05, 3.63) is 33.8 Å². The first-order valence-electron chi connectivity index (χ1n) is 7.33. The van der Waals surface area contributed by atoms with Crippen LogP contribution in [0.25, 0.3) is 0 Å². The highest BCUT2D eigenvalue weighted by Gasteiger charge is 2.25. The number of piperidine rings is 1. The smallest absolute Gasteiger partial charge is 0.409 e. The van der Waals surface area contributed by atoms with Gasteiger partial charge in [-0.2, -0.15) is 0 Å². The maximum absolute atomic E-state index is 12.4. The van der Waals surface area contributed by atoms with Gasteiger partial charge in [0.1, 0.15) is 0 Å². The molecule has 0 bridgehead atoms. The van der Waals surface area contributed by atoms with Crippen molar-refractivity contribution in [3.8, 4) is 0 Å². The number of methoxy groups -OCH3 is 1. The second kappa shape index (κ2) is 7.01. The molecule has 1 aliphatic rings. The molecule has 6 heteroatoms. The molecule has 0 aromatic heterocycles. The average molecular weight is 325 g/mol. The number of likely N-dealkylation sites (tertiary alicyclic amines) is 1. The van der Waals surface area contributed by atoms with Crippen LogP contribution in [0.15, 0.2) is 12.1 Å². The summed E-state index contributed by atoms with van der Waals surface area (Å²) >= 11 is 6.17. The number of hydrogen-bond donors (Lipinski definition) is 1. The number of carbonyl (C=O) groups is 2. The van der Waals surface area contributed by atoms with Crippen LogP contribution in [0.2, 0.25) is 5.02 Å². The van der Waals surface area contributed by atoms with Gasteiger partial charge in [0.2, 0.25) is 0 Å². The second-order valence-corrected chi connectivity index (χ2v) is 6.03. The predicted octanol–water partition coefficient (Wildman–Crippen LogP) is 2.92. The average Bonchev–Trinajstić information content (AvgIpc) is 2.50.